The van der Waals surface area contributed by atoms with E-state index in [0.29, 0.717) is 142 Å². The van der Waals surface area contributed by atoms with Gasteiger partial charge in [-0.25, -0.2) is 14.4 Å². The van der Waals surface area contributed by atoms with Crippen LogP contribution in [-0.2, 0) is 52.3 Å². The summed E-state index contributed by atoms with van der Waals surface area (Å²) in [6.07, 6.45) is 39.0. The third kappa shape index (κ3) is 38.9. The second-order valence-corrected chi connectivity index (χ2v) is 32.3. The molecule has 1 saturated heterocycles. The van der Waals surface area contributed by atoms with Crippen molar-refractivity contribution < 1.29 is 95.1 Å². The van der Waals surface area contributed by atoms with Crippen LogP contribution in [0.4, 0.5) is 0 Å². The highest BCUT2D eigenvalue weighted by molar-refractivity contribution is 5.93. The van der Waals surface area contributed by atoms with Crippen LogP contribution in [0.25, 0.3) is 0 Å². The molecule has 3 unspecified atom stereocenters. The lowest BCUT2D eigenvalue weighted by molar-refractivity contribution is -0.162. The summed E-state index contributed by atoms with van der Waals surface area (Å²) in [6.45, 7) is 9.10. The minimum absolute atomic E-state index is 0.104. The van der Waals surface area contributed by atoms with E-state index < -0.39 is 42.1 Å². The summed E-state index contributed by atoms with van der Waals surface area (Å²) in [4.78, 5) is 88.3. The molecule has 0 N–H and O–H groups in total. The number of hydrogen-bond acceptors (Lipinski definition) is 20. The lowest BCUT2D eigenvalue weighted by Crippen LogP contribution is -2.22. The van der Waals surface area contributed by atoms with Crippen LogP contribution in [0, 0.1) is 11.8 Å². The van der Waals surface area contributed by atoms with Gasteiger partial charge in [-0.3, -0.25) is 9.59 Å². The predicted molar refractivity (Wildman–Crippen MR) is 457 cm³/mol. The SMILES string of the molecule is CCCCC[C@H]1CC[C@H](c2ccc(OC(=O)c3ccc(OCCCCCCOC(C=O)CC(=O)OCCCCCCOc4ccc(OCCCCCCOC(=O)CC(C=O)OCCCCCCOc5ccc(C(=O)Oc6ccc([C@H]7CC[C@H](CCCCC)CC7)cc6)cc5)c(C(=O)OCCCCCCOC5CCCCO5)c4)cc3)cc2)CC1. The highest BCUT2D eigenvalue weighted by atomic mass is 16.7. The maximum atomic E-state index is 13.6. The largest absolute Gasteiger partial charge is 0.494 e. The summed E-state index contributed by atoms with van der Waals surface area (Å²) in [5, 5.41) is 0. The monoisotopic (exact) mass is 1630 g/mol. The molecule has 2 saturated carbocycles. The number of aldehydes is 2. The van der Waals surface area contributed by atoms with Gasteiger partial charge in [0.15, 0.2) is 6.29 Å². The zero-order valence-corrected chi connectivity index (χ0v) is 71.1. The fourth-order valence-corrected chi connectivity index (χ4v) is 15.6. The molecule has 1 aliphatic heterocycles. The Morgan fingerprint density at radius 1 is 0.364 bits per heavy atom. The number of carbonyl (C=O) groups excluding carboxylic acids is 7. The van der Waals surface area contributed by atoms with E-state index in [2.05, 4.69) is 38.1 Å². The van der Waals surface area contributed by atoms with Crippen LogP contribution in [0.1, 0.15) is 331 Å². The summed E-state index contributed by atoms with van der Waals surface area (Å²) in [7, 11) is 0. The topological polar surface area (TPSA) is 239 Å². The van der Waals surface area contributed by atoms with E-state index in [9.17, 15) is 33.6 Å². The van der Waals surface area contributed by atoms with Gasteiger partial charge in [-0.1, -0.05) is 109 Å². The van der Waals surface area contributed by atoms with Gasteiger partial charge in [0.1, 0.15) is 64.8 Å². The van der Waals surface area contributed by atoms with Crippen molar-refractivity contribution >= 4 is 42.4 Å². The van der Waals surface area contributed by atoms with Crippen LogP contribution < -0.4 is 28.4 Å². The molecular weight excluding hydrogens is 1500 g/mol. The van der Waals surface area contributed by atoms with Crippen LogP contribution in [-0.4, -0.2) is 134 Å². The van der Waals surface area contributed by atoms with Gasteiger partial charge in [0.05, 0.1) is 70.2 Å². The number of esters is 5. The first kappa shape index (κ1) is 95.3. The van der Waals surface area contributed by atoms with Crippen molar-refractivity contribution in [3.8, 4) is 34.5 Å². The lowest BCUT2D eigenvalue weighted by Gasteiger charge is -2.29. The third-order valence-corrected chi connectivity index (χ3v) is 22.8. The van der Waals surface area contributed by atoms with Gasteiger partial charge >= 0.3 is 29.8 Å². The molecule has 8 rings (SSSR count). The summed E-state index contributed by atoms with van der Waals surface area (Å²) in [6, 6.07) is 35.2. The van der Waals surface area contributed by atoms with E-state index in [1.807, 2.05) is 24.3 Å². The van der Waals surface area contributed by atoms with Gasteiger partial charge in [-0.05, 0) is 306 Å². The molecule has 2 aliphatic carbocycles. The van der Waals surface area contributed by atoms with Crippen molar-refractivity contribution in [2.24, 2.45) is 11.8 Å². The maximum Gasteiger partial charge on any atom is 0.343 e. The molecule has 0 spiro atoms. The molecule has 3 aliphatic rings. The highest BCUT2D eigenvalue weighted by Gasteiger charge is 2.26. The molecule has 0 radical (unpaired) electrons. The smallest absolute Gasteiger partial charge is 0.343 e. The predicted octanol–water partition coefficient (Wildman–Crippen LogP) is 22.3. The van der Waals surface area contributed by atoms with Crippen molar-refractivity contribution in [3.05, 3.63) is 143 Å². The minimum atomic E-state index is -0.876. The quantitative estimate of drug-likeness (QED) is 0.0116. The van der Waals surface area contributed by atoms with Gasteiger partial charge in [0.2, 0.25) is 0 Å². The minimum Gasteiger partial charge on any atom is -0.494 e. The molecule has 5 aromatic rings. The van der Waals surface area contributed by atoms with E-state index in [1.54, 1.807) is 66.7 Å². The molecule has 650 valence electrons. The summed E-state index contributed by atoms with van der Waals surface area (Å²) < 4.78 is 75.1. The zero-order chi connectivity index (χ0) is 83.1. The molecule has 20 heteroatoms. The number of carbonyl (C=O) groups is 7. The zero-order valence-electron chi connectivity index (χ0n) is 71.1. The highest BCUT2D eigenvalue weighted by Crippen LogP contribution is 2.40. The molecule has 5 aromatic carbocycles. The van der Waals surface area contributed by atoms with Gasteiger partial charge in [-0.15, -0.1) is 0 Å². The Balaban J connectivity index is 0.615. The molecule has 20 nitrogen and oxygen atoms in total. The van der Waals surface area contributed by atoms with Crippen molar-refractivity contribution in [1.29, 1.82) is 0 Å². The van der Waals surface area contributed by atoms with E-state index in [0.717, 1.165) is 140 Å². The Kier molecular flexibility index (Phi) is 47.4. The average molecular weight is 1640 g/mol. The van der Waals surface area contributed by atoms with Crippen LogP contribution in [0.5, 0.6) is 34.5 Å². The Labute approximate surface area is 703 Å². The fourth-order valence-electron chi connectivity index (χ4n) is 15.6. The summed E-state index contributed by atoms with van der Waals surface area (Å²) >= 11 is 0. The molecule has 1 heterocycles. The number of rotatable bonds is 63. The van der Waals surface area contributed by atoms with Crippen LogP contribution in [0.2, 0.25) is 0 Å². The number of unbranched alkanes of at least 4 members (excludes halogenated alkanes) is 19. The average Bonchev–Trinajstić information content (AvgIpc) is 0.849. The molecule has 3 atom stereocenters. The molecule has 118 heavy (non-hydrogen) atoms. The number of hydrogen-bond donors (Lipinski definition) is 0. The first-order valence-corrected chi connectivity index (χ1v) is 45.3. The third-order valence-electron chi connectivity index (χ3n) is 22.8. The Morgan fingerprint density at radius 2 is 0.746 bits per heavy atom. The van der Waals surface area contributed by atoms with Gasteiger partial charge < -0.3 is 71.2 Å². The Morgan fingerprint density at radius 3 is 1.16 bits per heavy atom. The number of ether oxygens (including phenoxy) is 13. The van der Waals surface area contributed by atoms with Gasteiger partial charge in [0.25, 0.3) is 0 Å². The first-order chi connectivity index (χ1) is 57.9. The van der Waals surface area contributed by atoms with E-state index in [4.69, 9.17) is 61.6 Å². The van der Waals surface area contributed by atoms with Crippen LogP contribution in [0.3, 0.4) is 0 Å². The molecule has 3 fully saturated rings. The van der Waals surface area contributed by atoms with Crippen LogP contribution >= 0.6 is 0 Å². The van der Waals surface area contributed by atoms with Crippen molar-refractivity contribution in [3.63, 3.8) is 0 Å². The molecule has 0 aromatic heterocycles. The second kappa shape index (κ2) is 58.7. The summed E-state index contributed by atoms with van der Waals surface area (Å²) in [5.74, 6) is 3.95. The maximum absolute atomic E-state index is 13.6. The fraction of sp³-hybridized carbons (Fsp3) is 0.622. The van der Waals surface area contributed by atoms with Crippen LogP contribution in [0.15, 0.2) is 115 Å². The lowest BCUT2D eigenvalue weighted by atomic mass is 9.77. The first-order valence-electron chi connectivity index (χ1n) is 45.3. The van der Waals surface area contributed by atoms with E-state index in [-0.39, 0.29) is 44.5 Å². The second-order valence-electron chi connectivity index (χ2n) is 32.3. The molecule has 0 amide bonds. The molecule has 0 bridgehead atoms. The summed E-state index contributed by atoms with van der Waals surface area (Å²) in [5.41, 5.74) is 3.84. The van der Waals surface area contributed by atoms with Crippen molar-refractivity contribution in [2.45, 2.75) is 307 Å². The normalized spacial score (nSPS) is 17.2. The standard InChI is InChI=1S/C98H138O20/c1-3-5-17-31-76-34-38-78(39-35-76)80-42-54-86(55-43-80)117-96(103)82-46-50-84(51-47-82)106-60-20-7-9-23-63-109-89(74-99)72-93(101)112-66-26-13-11-22-62-108-88-58-59-92(91(71-88)98(105)116-70-29-16-15-28-68-114-95-33-19-30-69-115-95)111-65-25-12-14-27-67-113-94(102)73-90(75-100)110-64-24-10-8-21-61-107-85-52-48-83(49-53-85)97(104)118-87-56-44-81(45-57-87)79-40-36-77(37-41-79)32-18-6-4-2/h42-59,71,74-79,89-90,95H,3-41,60-70,72-73H2,1-2H3/t76-,77-,78-,79-,89?,90?,95?. The number of benzene rings is 5. The van der Waals surface area contributed by atoms with Crippen molar-refractivity contribution in [1.82, 2.24) is 0 Å². The van der Waals surface area contributed by atoms with E-state index >= 15 is 0 Å². The van der Waals surface area contributed by atoms with Gasteiger partial charge in [-0.2, -0.15) is 0 Å². The van der Waals surface area contributed by atoms with Gasteiger partial charge in [0, 0.05) is 26.4 Å². The molecular formula is C98H138O20. The Bertz CT molecular complexity index is 3560. The Hall–Kier alpha value is -8.17. The van der Waals surface area contributed by atoms with Crippen molar-refractivity contribution in [2.75, 3.05) is 72.7 Å². The van der Waals surface area contributed by atoms with E-state index in [1.165, 1.54) is 114 Å².